The second kappa shape index (κ2) is 10.1. The fraction of sp³-hybridized carbons (Fsp3) is 0.120. The smallest absolute Gasteiger partial charge is 0.337 e. The van der Waals surface area contributed by atoms with Crippen LogP contribution in [0.2, 0.25) is 0 Å². The van der Waals surface area contributed by atoms with Crippen LogP contribution in [-0.4, -0.2) is 24.1 Å². The number of hydrogen-bond acceptors (Lipinski definition) is 4. The summed E-state index contributed by atoms with van der Waals surface area (Å²) in [5.41, 5.74) is 2.49. The molecule has 158 valence electrons. The highest BCUT2D eigenvalue weighted by molar-refractivity contribution is 6.09. The summed E-state index contributed by atoms with van der Waals surface area (Å²) in [5, 5.41) is 11.9. The molecule has 0 heterocycles. The van der Waals surface area contributed by atoms with Crippen molar-refractivity contribution in [1.29, 1.82) is 0 Å². The number of carbonyl (C=O) groups is 2. The summed E-state index contributed by atoms with van der Waals surface area (Å²) in [4.78, 5) is 23.9. The number of hydrogen-bond donors (Lipinski definition) is 2. The molecule has 3 aromatic carbocycles. The number of nitrogens with one attached hydrogen (secondary N) is 1. The molecule has 2 N–H and O–H groups in total. The van der Waals surface area contributed by atoms with E-state index in [4.69, 9.17) is 9.47 Å². The van der Waals surface area contributed by atoms with Gasteiger partial charge in [-0.05, 0) is 48.4 Å². The Balaban J connectivity index is 1.73. The first-order chi connectivity index (χ1) is 15.0. The van der Waals surface area contributed by atoms with E-state index in [-0.39, 0.29) is 11.3 Å². The molecule has 6 nitrogen and oxygen atoms in total. The number of amides is 1. The lowest BCUT2D eigenvalue weighted by molar-refractivity contribution is -0.112. The van der Waals surface area contributed by atoms with Gasteiger partial charge in [-0.25, -0.2) is 4.79 Å². The van der Waals surface area contributed by atoms with Crippen molar-refractivity contribution in [2.45, 2.75) is 13.5 Å². The van der Waals surface area contributed by atoms with E-state index >= 15 is 0 Å². The van der Waals surface area contributed by atoms with Gasteiger partial charge >= 0.3 is 5.97 Å². The minimum absolute atomic E-state index is 0.0326. The van der Waals surface area contributed by atoms with Crippen LogP contribution in [0.4, 0.5) is 5.69 Å². The molecule has 0 atom stereocenters. The number of methoxy groups -OCH3 is 1. The highest BCUT2D eigenvalue weighted by Gasteiger charge is 2.13. The summed E-state index contributed by atoms with van der Waals surface area (Å²) < 4.78 is 11.3. The molecule has 31 heavy (non-hydrogen) atoms. The second-order valence-corrected chi connectivity index (χ2v) is 6.82. The average molecular weight is 417 g/mol. The Hall–Kier alpha value is -4.06. The zero-order valence-electron chi connectivity index (χ0n) is 17.3. The quantitative estimate of drug-likeness (QED) is 0.503. The molecule has 0 unspecified atom stereocenters. The number of carboxylic acid groups (broad SMARTS) is 1. The Morgan fingerprint density at radius 2 is 1.68 bits per heavy atom. The maximum absolute atomic E-state index is 12.5. The molecule has 0 bridgehead atoms. The molecule has 0 saturated carbocycles. The molecule has 6 heteroatoms. The topological polar surface area (TPSA) is 84.9 Å². The Morgan fingerprint density at radius 1 is 0.968 bits per heavy atom. The van der Waals surface area contributed by atoms with Crippen molar-refractivity contribution in [2.24, 2.45) is 0 Å². The predicted octanol–water partition coefficient (Wildman–Crippen LogP) is 5.01. The third kappa shape index (κ3) is 5.73. The molecule has 0 aliphatic heterocycles. The zero-order chi connectivity index (χ0) is 22.2. The summed E-state index contributed by atoms with van der Waals surface area (Å²) >= 11 is 0. The Kier molecular flexibility index (Phi) is 7.06. The van der Waals surface area contributed by atoms with Crippen LogP contribution in [-0.2, 0) is 11.4 Å². The largest absolute Gasteiger partial charge is 0.493 e. The first-order valence-electron chi connectivity index (χ1n) is 9.64. The Labute approximate surface area is 180 Å². The molecule has 0 saturated heterocycles. The fourth-order valence-electron chi connectivity index (χ4n) is 2.94. The maximum atomic E-state index is 12.5. The third-order valence-corrected chi connectivity index (χ3v) is 4.57. The normalized spacial score (nSPS) is 11.0. The van der Waals surface area contributed by atoms with Gasteiger partial charge in [-0.2, -0.15) is 0 Å². The summed E-state index contributed by atoms with van der Waals surface area (Å²) in [7, 11) is 1.56. The minimum Gasteiger partial charge on any atom is -0.493 e. The second-order valence-electron chi connectivity index (χ2n) is 6.82. The Morgan fingerprint density at radius 3 is 2.39 bits per heavy atom. The van der Waals surface area contributed by atoms with Crippen LogP contribution in [0.25, 0.3) is 6.08 Å². The lowest BCUT2D eigenvalue weighted by Gasteiger charge is -2.12. The standard InChI is InChI=1S/C25H23NO5/c1-17(24(27)26-21-11-7-6-10-20(21)25(28)29)14-19-12-13-22(23(15-19)30-2)31-16-18-8-4-3-5-9-18/h3-15H,16H2,1-2H3,(H,26,27)(H,28,29). The van der Waals surface area contributed by atoms with Crippen LogP contribution >= 0.6 is 0 Å². The van der Waals surface area contributed by atoms with E-state index < -0.39 is 11.9 Å². The van der Waals surface area contributed by atoms with Crippen LogP contribution in [0, 0.1) is 0 Å². The molecule has 0 spiro atoms. The van der Waals surface area contributed by atoms with Gasteiger partial charge in [0, 0.05) is 5.57 Å². The van der Waals surface area contributed by atoms with E-state index in [9.17, 15) is 14.7 Å². The number of ether oxygens (including phenoxy) is 2. The van der Waals surface area contributed by atoms with Crippen LogP contribution in [0.1, 0.15) is 28.4 Å². The van der Waals surface area contributed by atoms with E-state index in [0.717, 1.165) is 11.1 Å². The lowest BCUT2D eigenvalue weighted by Crippen LogP contribution is -2.15. The SMILES string of the molecule is COc1cc(C=C(C)C(=O)Nc2ccccc2C(=O)O)ccc1OCc1ccccc1. The number of carboxylic acids is 1. The number of rotatable bonds is 8. The molecule has 3 rings (SSSR count). The van der Waals surface area contributed by atoms with Crippen molar-refractivity contribution < 1.29 is 24.2 Å². The zero-order valence-corrected chi connectivity index (χ0v) is 17.3. The fourth-order valence-corrected chi connectivity index (χ4v) is 2.94. The molecular weight excluding hydrogens is 394 g/mol. The highest BCUT2D eigenvalue weighted by Crippen LogP contribution is 2.30. The van der Waals surface area contributed by atoms with Gasteiger partial charge in [0.25, 0.3) is 5.91 Å². The number of benzene rings is 3. The van der Waals surface area contributed by atoms with Gasteiger partial charge < -0.3 is 19.9 Å². The van der Waals surface area contributed by atoms with Crippen molar-refractivity contribution >= 4 is 23.6 Å². The number of anilines is 1. The van der Waals surface area contributed by atoms with Gasteiger partial charge in [0.15, 0.2) is 11.5 Å². The van der Waals surface area contributed by atoms with Crippen molar-refractivity contribution in [1.82, 2.24) is 0 Å². The summed E-state index contributed by atoms with van der Waals surface area (Å²) in [6.07, 6.45) is 1.70. The van der Waals surface area contributed by atoms with Crippen molar-refractivity contribution in [2.75, 3.05) is 12.4 Å². The molecule has 0 aliphatic rings. The van der Waals surface area contributed by atoms with Gasteiger partial charge in [-0.3, -0.25) is 4.79 Å². The summed E-state index contributed by atoms with van der Waals surface area (Å²) in [6.45, 7) is 2.07. The minimum atomic E-state index is -1.10. The highest BCUT2D eigenvalue weighted by atomic mass is 16.5. The first-order valence-corrected chi connectivity index (χ1v) is 9.64. The molecule has 0 aromatic heterocycles. The monoisotopic (exact) mass is 417 g/mol. The first kappa shape index (κ1) is 21.6. The predicted molar refractivity (Wildman–Crippen MR) is 119 cm³/mol. The molecule has 0 aliphatic carbocycles. The van der Waals surface area contributed by atoms with Crippen LogP contribution < -0.4 is 14.8 Å². The maximum Gasteiger partial charge on any atom is 0.337 e. The molecule has 0 fully saturated rings. The number of carbonyl (C=O) groups excluding carboxylic acids is 1. The van der Waals surface area contributed by atoms with E-state index in [0.29, 0.717) is 23.7 Å². The van der Waals surface area contributed by atoms with Crippen LogP contribution in [0.3, 0.4) is 0 Å². The van der Waals surface area contributed by atoms with Gasteiger partial charge in [0.1, 0.15) is 6.61 Å². The summed E-state index contributed by atoms with van der Waals surface area (Å²) in [5.74, 6) is -0.347. The van der Waals surface area contributed by atoms with E-state index in [1.54, 1.807) is 50.4 Å². The summed E-state index contributed by atoms with van der Waals surface area (Å²) in [6, 6.07) is 21.5. The van der Waals surface area contributed by atoms with E-state index in [2.05, 4.69) is 5.32 Å². The van der Waals surface area contributed by atoms with Gasteiger partial charge in [0.2, 0.25) is 0 Å². The van der Waals surface area contributed by atoms with Gasteiger partial charge in [-0.1, -0.05) is 48.5 Å². The number of para-hydroxylation sites is 1. The Bertz CT molecular complexity index is 1110. The molecule has 0 radical (unpaired) electrons. The molecule has 1 amide bonds. The van der Waals surface area contributed by atoms with Crippen molar-refractivity contribution in [3.8, 4) is 11.5 Å². The van der Waals surface area contributed by atoms with E-state index in [1.165, 1.54) is 6.07 Å². The average Bonchev–Trinajstić information content (AvgIpc) is 2.79. The van der Waals surface area contributed by atoms with Gasteiger partial charge in [0.05, 0.1) is 18.4 Å². The van der Waals surface area contributed by atoms with Crippen LogP contribution in [0.5, 0.6) is 11.5 Å². The van der Waals surface area contributed by atoms with E-state index in [1.807, 2.05) is 36.4 Å². The molecule has 3 aromatic rings. The van der Waals surface area contributed by atoms with Gasteiger partial charge in [-0.15, -0.1) is 0 Å². The third-order valence-electron chi connectivity index (χ3n) is 4.57. The van der Waals surface area contributed by atoms with Crippen molar-refractivity contribution in [3.05, 3.63) is 95.1 Å². The molecular formula is C25H23NO5. The number of aromatic carboxylic acids is 1. The van der Waals surface area contributed by atoms with Crippen molar-refractivity contribution in [3.63, 3.8) is 0 Å². The lowest BCUT2D eigenvalue weighted by atomic mass is 10.1. The van der Waals surface area contributed by atoms with Crippen LogP contribution in [0.15, 0.2) is 78.4 Å².